The number of H-pyrrole nitrogens is 1. The molecule has 1 N–H and O–H groups in total. The number of aromatic nitrogens is 3. The number of hydrogen-bond acceptors (Lipinski definition) is 4. The summed E-state index contributed by atoms with van der Waals surface area (Å²) >= 11 is 0. The van der Waals surface area contributed by atoms with Crippen molar-refractivity contribution in [3.05, 3.63) is 74.1 Å². The Bertz CT molecular complexity index is 1180. The van der Waals surface area contributed by atoms with Crippen LogP contribution in [0, 0.1) is 12.7 Å². The number of nitrogens with one attached hydrogen (secondary N) is 1. The van der Waals surface area contributed by atoms with Gasteiger partial charge in [-0.3, -0.25) is 19.2 Å². The van der Waals surface area contributed by atoms with E-state index in [-0.39, 0.29) is 17.4 Å². The molecule has 1 saturated carbocycles. The standard InChI is InChI=1S/C21H21FN4O2/c1-12-18(25-9-7-14(10-25)16-4-2-3-8-23-16)15(22)11-26-19(12)17(13-5-6-13)20(27)24-21(26)28/h2-4,8,11,13-14H,5-7,9-10H2,1H3,(H,24,27,28). The molecule has 0 radical (unpaired) electrons. The summed E-state index contributed by atoms with van der Waals surface area (Å²) in [5, 5.41) is 0. The topological polar surface area (TPSA) is 70.5 Å². The second-order valence-corrected chi connectivity index (χ2v) is 7.80. The maximum atomic E-state index is 15.1. The summed E-state index contributed by atoms with van der Waals surface area (Å²) in [6.45, 7) is 3.19. The maximum absolute atomic E-state index is 15.1. The van der Waals surface area contributed by atoms with Crippen molar-refractivity contribution in [2.24, 2.45) is 0 Å². The van der Waals surface area contributed by atoms with E-state index >= 15 is 4.39 Å². The summed E-state index contributed by atoms with van der Waals surface area (Å²) in [6.07, 6.45) is 5.73. The number of pyridine rings is 2. The molecule has 1 aliphatic carbocycles. The molecule has 3 aromatic rings. The Hall–Kier alpha value is -2.96. The molecule has 5 rings (SSSR count). The largest absolute Gasteiger partial charge is 0.368 e. The predicted molar refractivity (Wildman–Crippen MR) is 105 cm³/mol. The molecule has 2 fully saturated rings. The maximum Gasteiger partial charge on any atom is 0.333 e. The van der Waals surface area contributed by atoms with E-state index in [2.05, 4.69) is 9.97 Å². The van der Waals surface area contributed by atoms with Crippen LogP contribution >= 0.6 is 0 Å². The molecule has 1 aliphatic heterocycles. The van der Waals surface area contributed by atoms with E-state index in [0.29, 0.717) is 35.4 Å². The van der Waals surface area contributed by atoms with Crippen molar-refractivity contribution in [2.75, 3.05) is 18.0 Å². The van der Waals surface area contributed by atoms with Gasteiger partial charge in [-0.2, -0.15) is 0 Å². The first-order chi connectivity index (χ1) is 13.5. The van der Waals surface area contributed by atoms with Crippen molar-refractivity contribution < 1.29 is 4.39 Å². The Morgan fingerprint density at radius 1 is 1.18 bits per heavy atom. The molecular weight excluding hydrogens is 359 g/mol. The van der Waals surface area contributed by atoms with Crippen molar-refractivity contribution in [2.45, 2.75) is 38.0 Å². The first-order valence-electron chi connectivity index (χ1n) is 9.68. The Morgan fingerprint density at radius 2 is 2.00 bits per heavy atom. The van der Waals surface area contributed by atoms with Crippen molar-refractivity contribution >= 4 is 11.2 Å². The van der Waals surface area contributed by atoms with E-state index in [1.807, 2.05) is 30.0 Å². The van der Waals surface area contributed by atoms with Crippen molar-refractivity contribution in [3.8, 4) is 0 Å². The van der Waals surface area contributed by atoms with Crippen LogP contribution in [-0.2, 0) is 0 Å². The van der Waals surface area contributed by atoms with E-state index in [4.69, 9.17) is 0 Å². The van der Waals surface area contributed by atoms with Crippen molar-refractivity contribution in [1.82, 2.24) is 14.4 Å². The lowest BCUT2D eigenvalue weighted by atomic mass is 10.0. The lowest BCUT2D eigenvalue weighted by Gasteiger charge is -2.23. The first kappa shape index (κ1) is 17.2. The highest BCUT2D eigenvalue weighted by Gasteiger charge is 2.33. The molecule has 6 nitrogen and oxygen atoms in total. The van der Waals surface area contributed by atoms with Crippen molar-refractivity contribution in [1.29, 1.82) is 0 Å². The summed E-state index contributed by atoms with van der Waals surface area (Å²) in [5.41, 5.74) is 2.40. The molecule has 144 valence electrons. The Balaban J connectivity index is 1.64. The lowest BCUT2D eigenvalue weighted by Crippen LogP contribution is -2.31. The van der Waals surface area contributed by atoms with Gasteiger partial charge in [0.15, 0.2) is 5.82 Å². The van der Waals surface area contributed by atoms with Crippen LogP contribution < -0.4 is 16.1 Å². The highest BCUT2D eigenvalue weighted by molar-refractivity contribution is 5.72. The van der Waals surface area contributed by atoms with Gasteiger partial charge in [0.05, 0.1) is 17.4 Å². The third-order valence-corrected chi connectivity index (χ3v) is 5.96. The number of rotatable bonds is 3. The van der Waals surface area contributed by atoms with Gasteiger partial charge in [0.2, 0.25) is 0 Å². The summed E-state index contributed by atoms with van der Waals surface area (Å²) in [6, 6.07) is 5.85. The number of aromatic amines is 1. The van der Waals surface area contributed by atoms with Gasteiger partial charge in [-0.1, -0.05) is 6.07 Å². The number of halogens is 1. The van der Waals surface area contributed by atoms with Crippen LogP contribution in [0.2, 0.25) is 0 Å². The highest BCUT2D eigenvalue weighted by Crippen LogP contribution is 2.42. The molecular formula is C21H21FN4O2. The van der Waals surface area contributed by atoms with E-state index < -0.39 is 11.5 Å². The number of fused-ring (bicyclic) bond motifs is 1. The molecule has 3 aromatic heterocycles. The molecule has 1 unspecified atom stereocenters. The van der Waals surface area contributed by atoms with E-state index in [1.165, 1.54) is 10.6 Å². The normalized spacial score (nSPS) is 19.5. The Kier molecular flexibility index (Phi) is 3.86. The molecule has 0 bridgehead atoms. The minimum Gasteiger partial charge on any atom is -0.368 e. The van der Waals surface area contributed by atoms with Crippen LogP contribution in [0.3, 0.4) is 0 Å². The monoisotopic (exact) mass is 380 g/mol. The Labute approximate surface area is 160 Å². The van der Waals surface area contributed by atoms with Gasteiger partial charge >= 0.3 is 5.69 Å². The average Bonchev–Trinajstić information content (AvgIpc) is 3.40. The van der Waals surface area contributed by atoms with E-state index in [0.717, 1.165) is 25.0 Å². The fourth-order valence-electron chi connectivity index (χ4n) is 4.50. The SMILES string of the molecule is Cc1c(N2CCC(c3ccccn3)C2)c(F)cn2c(=O)[nH]c(=O)c(C3CC3)c12. The summed E-state index contributed by atoms with van der Waals surface area (Å²) in [5.74, 6) is -0.0562. The Morgan fingerprint density at radius 3 is 2.71 bits per heavy atom. The van der Waals surface area contributed by atoms with Gasteiger partial charge in [0.1, 0.15) is 0 Å². The minimum absolute atomic E-state index is 0.149. The van der Waals surface area contributed by atoms with Crippen molar-refractivity contribution in [3.63, 3.8) is 0 Å². The quantitative estimate of drug-likeness (QED) is 0.759. The second-order valence-electron chi connectivity index (χ2n) is 7.80. The average molecular weight is 380 g/mol. The van der Waals surface area contributed by atoms with E-state index in [1.54, 1.807) is 6.20 Å². The summed E-state index contributed by atoms with van der Waals surface area (Å²) in [7, 11) is 0. The van der Waals surface area contributed by atoms with Gasteiger partial charge in [-0.15, -0.1) is 0 Å². The fraction of sp³-hybridized carbons (Fsp3) is 0.381. The van der Waals surface area contributed by atoms with Gasteiger partial charge < -0.3 is 4.90 Å². The van der Waals surface area contributed by atoms with Crippen LogP contribution in [-0.4, -0.2) is 27.5 Å². The third kappa shape index (κ3) is 2.65. The van der Waals surface area contributed by atoms with Crippen LogP contribution in [0.25, 0.3) is 5.52 Å². The molecule has 1 saturated heterocycles. The predicted octanol–water partition coefficient (Wildman–Crippen LogP) is 2.70. The summed E-state index contributed by atoms with van der Waals surface area (Å²) < 4.78 is 16.3. The van der Waals surface area contributed by atoms with Gasteiger partial charge in [0.25, 0.3) is 5.56 Å². The zero-order valence-corrected chi connectivity index (χ0v) is 15.6. The molecule has 0 amide bonds. The van der Waals surface area contributed by atoms with Gasteiger partial charge in [-0.05, 0) is 44.2 Å². The zero-order chi connectivity index (χ0) is 19.4. The minimum atomic E-state index is -0.592. The molecule has 28 heavy (non-hydrogen) atoms. The summed E-state index contributed by atoms with van der Waals surface area (Å²) in [4.78, 5) is 33.5. The van der Waals surface area contributed by atoms with Gasteiger partial charge in [0, 0.05) is 42.0 Å². The number of aryl methyl sites for hydroxylation is 1. The first-order valence-corrected chi connectivity index (χ1v) is 9.68. The molecule has 2 aliphatic rings. The highest BCUT2D eigenvalue weighted by atomic mass is 19.1. The molecule has 7 heteroatoms. The number of anilines is 1. The van der Waals surface area contributed by atoms with Crippen LogP contribution in [0.5, 0.6) is 0 Å². The molecule has 1 atom stereocenters. The lowest BCUT2D eigenvalue weighted by molar-refractivity contribution is 0.609. The molecule has 0 aromatic carbocycles. The van der Waals surface area contributed by atoms with Crippen LogP contribution in [0.15, 0.2) is 40.2 Å². The third-order valence-electron chi connectivity index (χ3n) is 5.96. The smallest absolute Gasteiger partial charge is 0.333 e. The molecule has 4 heterocycles. The molecule has 0 spiro atoms. The van der Waals surface area contributed by atoms with Crippen LogP contribution in [0.4, 0.5) is 10.1 Å². The number of hydrogen-bond donors (Lipinski definition) is 1. The van der Waals surface area contributed by atoms with Crippen LogP contribution in [0.1, 0.15) is 47.9 Å². The second kappa shape index (κ2) is 6.29. The fourth-order valence-corrected chi connectivity index (χ4v) is 4.50. The van der Waals surface area contributed by atoms with E-state index in [9.17, 15) is 9.59 Å². The number of nitrogens with zero attached hydrogens (tertiary/aromatic N) is 3. The zero-order valence-electron chi connectivity index (χ0n) is 15.6. The van der Waals surface area contributed by atoms with Gasteiger partial charge in [-0.25, -0.2) is 9.18 Å².